The van der Waals surface area contributed by atoms with Gasteiger partial charge in [0.15, 0.2) is 0 Å². The SMILES string of the molecule is CC(C)CNCC(C)N1CCN(c2ccc(Cl)cc2)CC1. The second kappa shape index (κ2) is 8.02. The third-order valence-electron chi connectivity index (χ3n) is 4.12. The zero-order valence-electron chi connectivity index (χ0n) is 13.5. The van der Waals surface area contributed by atoms with E-state index < -0.39 is 0 Å². The van der Waals surface area contributed by atoms with E-state index in [4.69, 9.17) is 11.6 Å². The number of halogens is 1. The van der Waals surface area contributed by atoms with Crippen molar-refractivity contribution in [3.63, 3.8) is 0 Å². The number of rotatable bonds is 6. The first-order valence-electron chi connectivity index (χ1n) is 8.01. The van der Waals surface area contributed by atoms with Gasteiger partial charge in [0.25, 0.3) is 0 Å². The van der Waals surface area contributed by atoms with E-state index in [9.17, 15) is 0 Å². The van der Waals surface area contributed by atoms with Crippen molar-refractivity contribution in [2.24, 2.45) is 5.92 Å². The van der Waals surface area contributed by atoms with Crippen LogP contribution in [0.4, 0.5) is 5.69 Å². The molecule has 1 aromatic rings. The number of nitrogens with zero attached hydrogens (tertiary/aromatic N) is 2. The van der Waals surface area contributed by atoms with Crippen molar-refractivity contribution in [3.8, 4) is 0 Å². The molecule has 0 amide bonds. The molecule has 0 spiro atoms. The highest BCUT2D eigenvalue weighted by molar-refractivity contribution is 6.30. The lowest BCUT2D eigenvalue weighted by atomic mass is 10.2. The van der Waals surface area contributed by atoms with E-state index in [0.717, 1.165) is 50.2 Å². The maximum atomic E-state index is 5.95. The molecule has 118 valence electrons. The van der Waals surface area contributed by atoms with Gasteiger partial charge in [-0.2, -0.15) is 0 Å². The first kappa shape index (κ1) is 16.6. The molecule has 1 aliphatic rings. The predicted molar refractivity (Wildman–Crippen MR) is 92.4 cm³/mol. The van der Waals surface area contributed by atoms with Crippen molar-refractivity contribution in [3.05, 3.63) is 29.3 Å². The van der Waals surface area contributed by atoms with Gasteiger partial charge in [0.1, 0.15) is 0 Å². The largest absolute Gasteiger partial charge is 0.369 e. The molecule has 4 heteroatoms. The van der Waals surface area contributed by atoms with Gasteiger partial charge in [-0.05, 0) is 43.7 Å². The molecule has 21 heavy (non-hydrogen) atoms. The fourth-order valence-electron chi connectivity index (χ4n) is 2.78. The van der Waals surface area contributed by atoms with E-state index in [1.165, 1.54) is 5.69 Å². The summed E-state index contributed by atoms with van der Waals surface area (Å²) in [7, 11) is 0. The van der Waals surface area contributed by atoms with Gasteiger partial charge >= 0.3 is 0 Å². The summed E-state index contributed by atoms with van der Waals surface area (Å²) in [5.41, 5.74) is 1.28. The molecule has 1 unspecified atom stereocenters. The normalized spacial score (nSPS) is 18.2. The van der Waals surface area contributed by atoms with Gasteiger partial charge in [0.05, 0.1) is 0 Å². The summed E-state index contributed by atoms with van der Waals surface area (Å²) in [6.45, 7) is 13.5. The van der Waals surface area contributed by atoms with Crippen molar-refractivity contribution < 1.29 is 0 Å². The summed E-state index contributed by atoms with van der Waals surface area (Å²) in [5.74, 6) is 0.721. The molecule has 1 atom stereocenters. The molecule has 0 saturated carbocycles. The second-order valence-corrected chi connectivity index (χ2v) is 6.84. The smallest absolute Gasteiger partial charge is 0.0407 e. The number of hydrogen-bond donors (Lipinski definition) is 1. The average molecular weight is 310 g/mol. The number of nitrogens with one attached hydrogen (secondary N) is 1. The summed E-state index contributed by atoms with van der Waals surface area (Å²) in [4.78, 5) is 5.03. The molecule has 0 aliphatic carbocycles. The lowest BCUT2D eigenvalue weighted by Gasteiger charge is -2.39. The minimum absolute atomic E-state index is 0.608. The molecular formula is C17H28ClN3. The monoisotopic (exact) mass is 309 g/mol. The van der Waals surface area contributed by atoms with Crippen molar-refractivity contribution in [2.75, 3.05) is 44.2 Å². The van der Waals surface area contributed by atoms with Crippen LogP contribution in [0.25, 0.3) is 0 Å². The van der Waals surface area contributed by atoms with Gasteiger partial charge in [-0.1, -0.05) is 25.4 Å². The molecular weight excluding hydrogens is 282 g/mol. The van der Waals surface area contributed by atoms with Gasteiger partial charge in [0, 0.05) is 49.5 Å². The van der Waals surface area contributed by atoms with Crippen molar-refractivity contribution in [1.29, 1.82) is 0 Å². The van der Waals surface area contributed by atoms with Crippen LogP contribution in [0.1, 0.15) is 20.8 Å². The van der Waals surface area contributed by atoms with Crippen LogP contribution in [0.2, 0.25) is 5.02 Å². The number of piperazine rings is 1. The molecule has 2 rings (SSSR count). The third kappa shape index (κ3) is 5.17. The van der Waals surface area contributed by atoms with Gasteiger partial charge in [-0.15, -0.1) is 0 Å². The van der Waals surface area contributed by atoms with Gasteiger partial charge in [-0.25, -0.2) is 0 Å². The molecule has 1 N–H and O–H groups in total. The Bertz CT molecular complexity index is 411. The summed E-state index contributed by atoms with van der Waals surface area (Å²) in [6, 6.07) is 8.79. The van der Waals surface area contributed by atoms with Crippen LogP contribution in [-0.4, -0.2) is 50.2 Å². The fraction of sp³-hybridized carbons (Fsp3) is 0.647. The molecule has 1 aliphatic heterocycles. The highest BCUT2D eigenvalue weighted by Gasteiger charge is 2.20. The van der Waals surface area contributed by atoms with Crippen molar-refractivity contribution in [2.45, 2.75) is 26.8 Å². The fourth-order valence-corrected chi connectivity index (χ4v) is 2.91. The average Bonchev–Trinajstić information content (AvgIpc) is 2.48. The molecule has 1 heterocycles. The van der Waals surface area contributed by atoms with Crippen LogP contribution < -0.4 is 10.2 Å². The quantitative estimate of drug-likeness (QED) is 0.871. The van der Waals surface area contributed by atoms with Crippen LogP contribution in [0, 0.1) is 5.92 Å². The minimum atomic E-state index is 0.608. The molecule has 0 aromatic heterocycles. The zero-order chi connectivity index (χ0) is 15.2. The molecule has 1 aromatic carbocycles. The Labute approximate surface area is 134 Å². The molecule has 1 saturated heterocycles. The Morgan fingerprint density at radius 1 is 1.00 bits per heavy atom. The summed E-state index contributed by atoms with van der Waals surface area (Å²) < 4.78 is 0. The van der Waals surface area contributed by atoms with Crippen molar-refractivity contribution in [1.82, 2.24) is 10.2 Å². The van der Waals surface area contributed by atoms with Crippen LogP contribution in [0.5, 0.6) is 0 Å². The van der Waals surface area contributed by atoms with Crippen LogP contribution in [0.3, 0.4) is 0 Å². The highest BCUT2D eigenvalue weighted by atomic mass is 35.5. The van der Waals surface area contributed by atoms with Crippen LogP contribution >= 0.6 is 11.6 Å². The Kier molecular flexibility index (Phi) is 6.34. The lowest BCUT2D eigenvalue weighted by molar-refractivity contribution is 0.192. The number of anilines is 1. The maximum Gasteiger partial charge on any atom is 0.0407 e. The van der Waals surface area contributed by atoms with E-state index in [2.05, 4.69) is 48.0 Å². The lowest BCUT2D eigenvalue weighted by Crippen LogP contribution is -2.52. The Balaban J connectivity index is 1.76. The number of hydrogen-bond acceptors (Lipinski definition) is 3. The Morgan fingerprint density at radius 2 is 1.62 bits per heavy atom. The molecule has 1 fully saturated rings. The maximum absolute atomic E-state index is 5.95. The van der Waals surface area contributed by atoms with Gasteiger partial charge < -0.3 is 10.2 Å². The first-order chi connectivity index (χ1) is 10.1. The van der Waals surface area contributed by atoms with Gasteiger partial charge in [0.2, 0.25) is 0 Å². The summed E-state index contributed by atoms with van der Waals surface area (Å²) >= 11 is 5.95. The summed E-state index contributed by atoms with van der Waals surface area (Å²) in [5, 5.41) is 4.37. The zero-order valence-corrected chi connectivity index (χ0v) is 14.2. The molecule has 0 bridgehead atoms. The van der Waals surface area contributed by atoms with E-state index >= 15 is 0 Å². The van der Waals surface area contributed by atoms with Crippen LogP contribution in [0.15, 0.2) is 24.3 Å². The van der Waals surface area contributed by atoms with Crippen molar-refractivity contribution >= 4 is 17.3 Å². The Hall–Kier alpha value is -0.770. The first-order valence-corrected chi connectivity index (χ1v) is 8.39. The van der Waals surface area contributed by atoms with E-state index in [-0.39, 0.29) is 0 Å². The number of benzene rings is 1. The second-order valence-electron chi connectivity index (χ2n) is 6.40. The molecule has 3 nitrogen and oxygen atoms in total. The minimum Gasteiger partial charge on any atom is -0.369 e. The standard InChI is InChI=1S/C17H28ClN3/c1-14(2)12-19-13-15(3)20-8-10-21(11-9-20)17-6-4-16(18)5-7-17/h4-7,14-15,19H,8-13H2,1-3H3. The topological polar surface area (TPSA) is 18.5 Å². The third-order valence-corrected chi connectivity index (χ3v) is 4.37. The van der Waals surface area contributed by atoms with E-state index in [0.29, 0.717) is 6.04 Å². The Morgan fingerprint density at radius 3 is 2.19 bits per heavy atom. The van der Waals surface area contributed by atoms with Gasteiger partial charge in [-0.3, -0.25) is 4.90 Å². The van der Waals surface area contributed by atoms with Crippen LogP contribution in [-0.2, 0) is 0 Å². The highest BCUT2D eigenvalue weighted by Crippen LogP contribution is 2.19. The predicted octanol–water partition coefficient (Wildman–Crippen LogP) is 3.10. The molecule has 0 radical (unpaired) electrons. The summed E-state index contributed by atoms with van der Waals surface area (Å²) in [6.07, 6.45) is 0. The van der Waals surface area contributed by atoms with E-state index in [1.54, 1.807) is 0 Å². The van der Waals surface area contributed by atoms with E-state index in [1.807, 2.05) is 12.1 Å².